The molecule has 0 bridgehead atoms. The zero-order valence-electron chi connectivity index (χ0n) is 12.3. The molecule has 0 aromatic heterocycles. The Morgan fingerprint density at radius 2 is 1.84 bits per heavy atom. The average Bonchev–Trinajstić information content (AvgIpc) is 2.43. The van der Waals surface area contributed by atoms with Crippen LogP contribution in [0.5, 0.6) is 0 Å². The van der Waals surface area contributed by atoms with Gasteiger partial charge in [-0.3, -0.25) is 0 Å². The number of aliphatic hydroxyl groups is 1. The molecule has 1 aromatic rings. The summed E-state index contributed by atoms with van der Waals surface area (Å²) in [7, 11) is 2.17. The lowest BCUT2D eigenvalue weighted by molar-refractivity contribution is 0.0346. The summed E-state index contributed by atoms with van der Waals surface area (Å²) < 4.78 is 0. The van der Waals surface area contributed by atoms with Gasteiger partial charge < -0.3 is 10.0 Å². The fraction of sp³-hybridized carbons (Fsp3) is 0.647. The normalized spacial score (nSPS) is 27.7. The molecule has 106 valence electrons. The van der Waals surface area contributed by atoms with Gasteiger partial charge in [0.1, 0.15) is 0 Å². The molecular formula is C17H27NO. The summed E-state index contributed by atoms with van der Waals surface area (Å²) in [5.74, 6) is 0.833. The van der Waals surface area contributed by atoms with Crippen molar-refractivity contribution >= 4 is 0 Å². The molecule has 2 heteroatoms. The van der Waals surface area contributed by atoms with Crippen molar-refractivity contribution in [2.45, 2.75) is 39.2 Å². The first-order valence-corrected chi connectivity index (χ1v) is 7.47. The minimum Gasteiger partial charge on any atom is -0.396 e. The van der Waals surface area contributed by atoms with Crippen molar-refractivity contribution in [1.29, 1.82) is 0 Å². The summed E-state index contributed by atoms with van der Waals surface area (Å²) in [6, 6.07) is 10.6. The topological polar surface area (TPSA) is 23.5 Å². The van der Waals surface area contributed by atoms with Crippen molar-refractivity contribution in [3.8, 4) is 0 Å². The van der Waals surface area contributed by atoms with E-state index in [-0.39, 0.29) is 5.41 Å². The van der Waals surface area contributed by atoms with Gasteiger partial charge in [0.25, 0.3) is 0 Å². The average molecular weight is 261 g/mol. The zero-order chi connectivity index (χ0) is 13.7. The van der Waals surface area contributed by atoms with E-state index in [4.69, 9.17) is 0 Å². The van der Waals surface area contributed by atoms with E-state index in [1.54, 1.807) is 0 Å². The monoisotopic (exact) mass is 261 g/mol. The first kappa shape index (κ1) is 14.5. The quantitative estimate of drug-likeness (QED) is 0.879. The SMILES string of the molecule is CC1CCC(CO)(CN(C)Cc2ccccc2)CC1. The molecule has 0 amide bonds. The molecule has 1 aliphatic rings. The van der Waals surface area contributed by atoms with Crippen LogP contribution in [0.15, 0.2) is 30.3 Å². The highest BCUT2D eigenvalue weighted by molar-refractivity contribution is 5.14. The van der Waals surface area contributed by atoms with Gasteiger partial charge in [0.05, 0.1) is 0 Å². The van der Waals surface area contributed by atoms with E-state index < -0.39 is 0 Å². The Labute approximate surface area is 117 Å². The van der Waals surface area contributed by atoms with E-state index in [1.807, 2.05) is 0 Å². The van der Waals surface area contributed by atoms with Crippen molar-refractivity contribution in [3.05, 3.63) is 35.9 Å². The van der Waals surface area contributed by atoms with E-state index in [9.17, 15) is 5.11 Å². The molecule has 1 saturated carbocycles. The molecule has 2 nitrogen and oxygen atoms in total. The zero-order valence-corrected chi connectivity index (χ0v) is 12.3. The highest BCUT2D eigenvalue weighted by atomic mass is 16.3. The van der Waals surface area contributed by atoms with Crippen molar-refractivity contribution < 1.29 is 5.11 Å². The number of benzene rings is 1. The van der Waals surface area contributed by atoms with Gasteiger partial charge in [-0.2, -0.15) is 0 Å². The minimum absolute atomic E-state index is 0.135. The van der Waals surface area contributed by atoms with E-state index in [0.29, 0.717) is 6.61 Å². The summed E-state index contributed by atoms with van der Waals surface area (Å²) >= 11 is 0. The second-order valence-corrected chi connectivity index (χ2v) is 6.50. The highest BCUT2D eigenvalue weighted by Gasteiger charge is 2.34. The third kappa shape index (κ3) is 4.05. The Hall–Kier alpha value is -0.860. The molecule has 0 spiro atoms. The second-order valence-electron chi connectivity index (χ2n) is 6.50. The molecule has 2 rings (SSSR count). The number of hydrogen-bond acceptors (Lipinski definition) is 2. The predicted molar refractivity (Wildman–Crippen MR) is 79.9 cm³/mol. The van der Waals surface area contributed by atoms with Crippen LogP contribution in [0.3, 0.4) is 0 Å². The van der Waals surface area contributed by atoms with Crippen LogP contribution in [-0.2, 0) is 6.54 Å². The van der Waals surface area contributed by atoms with Crippen molar-refractivity contribution in [3.63, 3.8) is 0 Å². The summed E-state index contributed by atoms with van der Waals surface area (Å²) in [5, 5.41) is 9.82. The van der Waals surface area contributed by atoms with Crippen LogP contribution >= 0.6 is 0 Å². The highest BCUT2D eigenvalue weighted by Crippen LogP contribution is 2.39. The van der Waals surface area contributed by atoms with Crippen LogP contribution in [0.2, 0.25) is 0 Å². The Kier molecular flexibility index (Phi) is 5.00. The maximum atomic E-state index is 9.82. The lowest BCUT2D eigenvalue weighted by Crippen LogP contribution is -2.40. The molecule has 1 N–H and O–H groups in total. The lowest BCUT2D eigenvalue weighted by Gasteiger charge is -2.40. The van der Waals surface area contributed by atoms with Crippen LogP contribution < -0.4 is 0 Å². The minimum atomic E-state index is 0.135. The molecule has 0 atom stereocenters. The van der Waals surface area contributed by atoms with Gasteiger partial charge in [0.15, 0.2) is 0 Å². The second kappa shape index (κ2) is 6.53. The van der Waals surface area contributed by atoms with Crippen LogP contribution in [0, 0.1) is 11.3 Å². The first-order chi connectivity index (χ1) is 9.13. The Bertz CT molecular complexity index is 368. The number of nitrogens with zero attached hydrogens (tertiary/aromatic N) is 1. The summed E-state index contributed by atoms with van der Waals surface area (Å²) in [4.78, 5) is 2.36. The van der Waals surface area contributed by atoms with Crippen molar-refractivity contribution in [2.24, 2.45) is 11.3 Å². The standard InChI is InChI=1S/C17H27NO/c1-15-8-10-17(14-19,11-9-15)13-18(2)12-16-6-4-3-5-7-16/h3-7,15,19H,8-14H2,1-2H3. The van der Waals surface area contributed by atoms with Crippen LogP contribution in [-0.4, -0.2) is 30.2 Å². The summed E-state index contributed by atoms with van der Waals surface area (Å²) in [6.45, 7) is 4.64. The molecular weight excluding hydrogens is 234 g/mol. The van der Waals surface area contributed by atoms with Crippen molar-refractivity contribution in [1.82, 2.24) is 4.90 Å². The van der Waals surface area contributed by atoms with Gasteiger partial charge in [0.2, 0.25) is 0 Å². The molecule has 0 radical (unpaired) electrons. The maximum Gasteiger partial charge on any atom is 0.0499 e. The Morgan fingerprint density at radius 1 is 1.21 bits per heavy atom. The molecule has 1 fully saturated rings. The lowest BCUT2D eigenvalue weighted by atomic mass is 9.71. The van der Waals surface area contributed by atoms with E-state index in [0.717, 1.165) is 19.0 Å². The first-order valence-electron chi connectivity index (χ1n) is 7.47. The smallest absolute Gasteiger partial charge is 0.0499 e. The third-order valence-corrected chi connectivity index (χ3v) is 4.57. The Balaban J connectivity index is 1.91. The van der Waals surface area contributed by atoms with E-state index in [1.165, 1.54) is 31.2 Å². The fourth-order valence-corrected chi connectivity index (χ4v) is 3.26. The summed E-state index contributed by atoms with van der Waals surface area (Å²) in [6.07, 6.45) is 4.87. The molecule has 0 saturated heterocycles. The number of hydrogen-bond donors (Lipinski definition) is 1. The maximum absolute atomic E-state index is 9.82. The van der Waals surface area contributed by atoms with Gasteiger partial charge >= 0.3 is 0 Å². The van der Waals surface area contributed by atoms with Crippen LogP contribution in [0.1, 0.15) is 38.2 Å². The largest absolute Gasteiger partial charge is 0.396 e. The predicted octanol–water partition coefficient (Wildman–Crippen LogP) is 3.31. The Morgan fingerprint density at radius 3 is 2.42 bits per heavy atom. The molecule has 1 aromatic carbocycles. The van der Waals surface area contributed by atoms with Crippen LogP contribution in [0.4, 0.5) is 0 Å². The van der Waals surface area contributed by atoms with Gasteiger partial charge in [-0.25, -0.2) is 0 Å². The third-order valence-electron chi connectivity index (χ3n) is 4.57. The number of aliphatic hydroxyl groups excluding tert-OH is 1. The van der Waals surface area contributed by atoms with E-state index in [2.05, 4.69) is 49.2 Å². The van der Waals surface area contributed by atoms with Crippen LogP contribution in [0.25, 0.3) is 0 Å². The van der Waals surface area contributed by atoms with Gasteiger partial charge in [-0.1, -0.05) is 50.1 Å². The number of rotatable bonds is 5. The van der Waals surface area contributed by atoms with Gasteiger partial charge in [0, 0.05) is 25.1 Å². The van der Waals surface area contributed by atoms with E-state index >= 15 is 0 Å². The molecule has 1 aliphatic carbocycles. The molecule has 0 heterocycles. The van der Waals surface area contributed by atoms with Gasteiger partial charge in [-0.15, -0.1) is 0 Å². The summed E-state index contributed by atoms with van der Waals surface area (Å²) in [5.41, 5.74) is 1.48. The molecule has 19 heavy (non-hydrogen) atoms. The molecule has 0 unspecified atom stereocenters. The van der Waals surface area contributed by atoms with Gasteiger partial charge in [-0.05, 0) is 31.4 Å². The van der Waals surface area contributed by atoms with Crippen molar-refractivity contribution in [2.75, 3.05) is 20.2 Å². The fourth-order valence-electron chi connectivity index (χ4n) is 3.26. The molecule has 0 aliphatic heterocycles.